The Morgan fingerprint density at radius 1 is 1.32 bits per heavy atom. The zero-order valence-corrected chi connectivity index (χ0v) is 12.7. The van der Waals surface area contributed by atoms with Crippen molar-refractivity contribution in [2.24, 2.45) is 0 Å². The van der Waals surface area contributed by atoms with Gasteiger partial charge in [-0.15, -0.1) is 0 Å². The monoisotopic (exact) mass is 305 g/mol. The van der Waals surface area contributed by atoms with Crippen LogP contribution >= 0.6 is 19.8 Å². The lowest BCUT2D eigenvalue weighted by molar-refractivity contribution is -0.148. The van der Waals surface area contributed by atoms with Crippen molar-refractivity contribution in [2.75, 3.05) is 0 Å². The van der Waals surface area contributed by atoms with E-state index in [0.717, 1.165) is 0 Å². The van der Waals surface area contributed by atoms with Gasteiger partial charge in [-0.25, -0.2) is 5.09 Å². The van der Waals surface area contributed by atoms with Crippen molar-refractivity contribution < 1.29 is 18.6 Å². The number of nitrogens with one attached hydrogen (secondary N) is 1. The Bertz CT molecular complexity index is 467. The fraction of sp³-hybridized carbons (Fsp3) is 0.417. The average Bonchev–Trinajstić information content (AvgIpc) is 2.31. The van der Waals surface area contributed by atoms with Gasteiger partial charge in [-0.2, -0.15) is 0 Å². The Hall–Kier alpha value is -1.03. The van der Waals surface area contributed by atoms with E-state index in [4.69, 9.17) is 20.9 Å². The second-order valence-electron chi connectivity index (χ2n) is 4.17. The van der Waals surface area contributed by atoms with Crippen LogP contribution in [-0.2, 0) is 14.1 Å². The summed E-state index contributed by atoms with van der Waals surface area (Å²) >= 11 is 5.87. The highest BCUT2D eigenvalue weighted by molar-refractivity contribution is 7.37. The minimum atomic E-state index is -2.63. The first-order chi connectivity index (χ1) is 8.90. The van der Waals surface area contributed by atoms with Gasteiger partial charge < -0.3 is 9.26 Å². The van der Waals surface area contributed by atoms with Gasteiger partial charge in [0.2, 0.25) is 0 Å². The molecule has 2 atom stereocenters. The second kappa shape index (κ2) is 7.53. The molecule has 0 aromatic heterocycles. The quantitative estimate of drug-likeness (QED) is 0.646. The normalized spacial score (nSPS) is 13.9. The minimum absolute atomic E-state index is 0.219. The van der Waals surface area contributed by atoms with Gasteiger partial charge in [0.05, 0.1) is 11.1 Å². The Kier molecular flexibility index (Phi) is 6.35. The maximum Gasteiger partial charge on any atom is 0.323 e. The van der Waals surface area contributed by atoms with Gasteiger partial charge in [-0.05, 0) is 32.9 Å². The third-order valence-electron chi connectivity index (χ3n) is 2.08. The second-order valence-corrected chi connectivity index (χ2v) is 5.65. The van der Waals surface area contributed by atoms with Gasteiger partial charge in [-0.1, -0.05) is 23.7 Å². The summed E-state index contributed by atoms with van der Waals surface area (Å²) in [5, 5.41) is 2.91. The van der Waals surface area contributed by atoms with E-state index in [2.05, 4.69) is 5.09 Å². The highest BCUT2D eigenvalue weighted by atomic mass is 35.5. The summed E-state index contributed by atoms with van der Waals surface area (Å²) in [5.41, 5.74) is 0. The summed E-state index contributed by atoms with van der Waals surface area (Å²) in [6.07, 6.45) is -0.219. The van der Waals surface area contributed by atoms with E-state index in [0.29, 0.717) is 10.8 Å². The maximum absolute atomic E-state index is 11.8. The van der Waals surface area contributed by atoms with E-state index >= 15 is 0 Å². The summed E-state index contributed by atoms with van der Waals surface area (Å²) < 4.78 is 21.9. The first-order valence-corrected chi connectivity index (χ1v) is 7.53. The van der Waals surface area contributed by atoms with Crippen molar-refractivity contribution >= 4 is 25.7 Å². The summed E-state index contributed by atoms with van der Waals surface area (Å²) in [4.78, 5) is 11.5. The van der Waals surface area contributed by atoms with Crippen LogP contribution in [0.3, 0.4) is 0 Å². The third kappa shape index (κ3) is 5.64. The summed E-state index contributed by atoms with van der Waals surface area (Å²) in [6.45, 7) is 5.05. The van der Waals surface area contributed by atoms with E-state index in [1.54, 1.807) is 45.0 Å². The number of esters is 1. The van der Waals surface area contributed by atoms with Gasteiger partial charge in [0.25, 0.3) is 0 Å². The number of carbonyl (C=O) groups excluding carboxylic acids is 1. The molecule has 1 aromatic rings. The van der Waals surface area contributed by atoms with Crippen molar-refractivity contribution in [3.8, 4) is 5.75 Å². The van der Waals surface area contributed by atoms with Crippen LogP contribution in [0.25, 0.3) is 0 Å². The van der Waals surface area contributed by atoms with Crippen molar-refractivity contribution in [1.82, 2.24) is 5.09 Å². The lowest BCUT2D eigenvalue weighted by atomic mass is 10.3. The van der Waals surface area contributed by atoms with E-state index in [9.17, 15) is 9.36 Å². The molecule has 7 heteroatoms. The molecule has 0 radical (unpaired) electrons. The molecule has 0 aliphatic carbocycles. The molecule has 1 aromatic carbocycles. The number of benzene rings is 1. The smallest absolute Gasteiger partial charge is 0.323 e. The largest absolute Gasteiger partial charge is 0.462 e. The molecule has 0 heterocycles. The molecule has 0 aliphatic heterocycles. The molecule has 1 unspecified atom stereocenters. The maximum atomic E-state index is 11.8. The average molecular weight is 306 g/mol. The van der Waals surface area contributed by atoms with Crippen LogP contribution in [-0.4, -0.2) is 18.1 Å². The molecule has 1 rings (SSSR count). The number of para-hydroxylation sites is 1. The lowest BCUT2D eigenvalue weighted by Gasteiger charge is -2.15. The van der Waals surface area contributed by atoms with Gasteiger partial charge in [0, 0.05) is 0 Å². The van der Waals surface area contributed by atoms with Crippen LogP contribution < -0.4 is 9.61 Å². The number of hydrogen-bond donors (Lipinski definition) is 1. The Morgan fingerprint density at radius 3 is 2.53 bits per heavy atom. The molecule has 0 saturated heterocycles. The van der Waals surface area contributed by atoms with Crippen molar-refractivity contribution in [1.29, 1.82) is 0 Å². The molecule has 0 spiro atoms. The molecule has 0 aliphatic rings. The predicted octanol–water partition coefficient (Wildman–Crippen LogP) is 3.04. The molecule has 19 heavy (non-hydrogen) atoms. The molecule has 0 amide bonds. The van der Waals surface area contributed by atoms with E-state index in [1.807, 2.05) is 0 Å². The van der Waals surface area contributed by atoms with Crippen LogP contribution in [0.1, 0.15) is 20.8 Å². The highest BCUT2D eigenvalue weighted by Crippen LogP contribution is 2.30. The number of halogens is 1. The topological polar surface area (TPSA) is 64.6 Å². The van der Waals surface area contributed by atoms with Crippen LogP contribution in [0.5, 0.6) is 5.75 Å². The van der Waals surface area contributed by atoms with Gasteiger partial charge in [0.15, 0.2) is 0 Å². The fourth-order valence-corrected chi connectivity index (χ4v) is 2.37. The standard InChI is InChI=1S/C12H17ClNO4P/c1-8(2)17-12(15)9(3)14-19(16)18-11-7-5-4-6-10(11)13/h4-9,19H,1-3H3,(H,14,16)/t9-/m0/s1. The van der Waals surface area contributed by atoms with E-state index < -0.39 is 20.2 Å². The zero-order valence-electron chi connectivity index (χ0n) is 11.0. The number of carbonyl (C=O) groups is 1. The molecular weight excluding hydrogens is 289 g/mol. The Labute approximate surface area is 118 Å². The molecular formula is C12H17ClNO4P. The van der Waals surface area contributed by atoms with Gasteiger partial charge in [-0.3, -0.25) is 9.36 Å². The number of rotatable bonds is 6. The highest BCUT2D eigenvalue weighted by Gasteiger charge is 2.18. The first kappa shape index (κ1) is 16.0. The molecule has 5 nitrogen and oxygen atoms in total. The van der Waals surface area contributed by atoms with Crippen molar-refractivity contribution in [3.05, 3.63) is 29.3 Å². The molecule has 0 fully saturated rings. The fourth-order valence-electron chi connectivity index (χ4n) is 1.23. The number of hydrogen-bond acceptors (Lipinski definition) is 4. The summed E-state index contributed by atoms with van der Waals surface area (Å²) in [5.74, 6) is -0.166. The number of ether oxygens (including phenoxy) is 1. The van der Waals surface area contributed by atoms with Crippen molar-refractivity contribution in [2.45, 2.75) is 32.9 Å². The third-order valence-corrected chi connectivity index (χ3v) is 3.47. The van der Waals surface area contributed by atoms with Gasteiger partial charge >= 0.3 is 14.1 Å². The molecule has 0 saturated carbocycles. The van der Waals surface area contributed by atoms with Gasteiger partial charge in [0.1, 0.15) is 11.8 Å². The lowest BCUT2D eigenvalue weighted by Crippen LogP contribution is -2.33. The summed E-state index contributed by atoms with van der Waals surface area (Å²) in [7, 11) is -2.63. The zero-order chi connectivity index (χ0) is 14.4. The minimum Gasteiger partial charge on any atom is -0.462 e. The molecule has 1 N–H and O–H groups in total. The van der Waals surface area contributed by atoms with Crippen LogP contribution in [0, 0.1) is 0 Å². The van der Waals surface area contributed by atoms with Crippen LogP contribution in [0.2, 0.25) is 5.02 Å². The summed E-state index contributed by atoms with van der Waals surface area (Å²) in [6, 6.07) is 5.97. The van der Waals surface area contributed by atoms with E-state index in [1.165, 1.54) is 0 Å². The Balaban J connectivity index is 2.52. The van der Waals surface area contributed by atoms with Crippen LogP contribution in [0.4, 0.5) is 0 Å². The first-order valence-electron chi connectivity index (χ1n) is 5.83. The van der Waals surface area contributed by atoms with Crippen molar-refractivity contribution in [3.63, 3.8) is 0 Å². The Morgan fingerprint density at radius 2 is 1.95 bits per heavy atom. The predicted molar refractivity (Wildman–Crippen MR) is 74.9 cm³/mol. The molecule has 106 valence electrons. The van der Waals surface area contributed by atoms with E-state index in [-0.39, 0.29) is 6.10 Å². The van der Waals surface area contributed by atoms with Crippen LogP contribution in [0.15, 0.2) is 24.3 Å². The molecule has 0 bridgehead atoms. The SMILES string of the molecule is CC(C)OC(=O)[C@H](C)N[PH](=O)Oc1ccccc1Cl.